The Morgan fingerprint density at radius 1 is 0.795 bits per heavy atom. The van der Waals surface area contributed by atoms with E-state index >= 15 is 4.39 Å². The molecule has 0 aliphatic carbocycles. The van der Waals surface area contributed by atoms with Gasteiger partial charge in [-0.3, -0.25) is 9.59 Å². The third-order valence-electron chi connectivity index (χ3n) is 5.21. The number of halogens is 10. The summed E-state index contributed by atoms with van der Waals surface area (Å²) in [6.45, 7) is 0. The highest BCUT2D eigenvalue weighted by Crippen LogP contribution is 2.54. The number of hydrogen-bond donors (Lipinski definition) is 2. The number of anilines is 2. The fourth-order valence-electron chi connectivity index (χ4n) is 3.29. The molecule has 0 aliphatic heterocycles. The maximum atomic E-state index is 15.1. The Hall–Kier alpha value is -3.01. The molecule has 3 aromatic carbocycles. The molecular weight excluding hydrogens is 768 g/mol. The second kappa shape index (κ2) is 11.2. The highest BCUT2D eigenvalue weighted by molar-refractivity contribution is 14.1. The maximum absolute atomic E-state index is 15.1. The summed E-state index contributed by atoms with van der Waals surface area (Å²) in [5.74, 6) is -3.15. The molecule has 3 aromatic rings. The summed E-state index contributed by atoms with van der Waals surface area (Å²) in [7, 11) is 0. The van der Waals surface area contributed by atoms with Crippen LogP contribution in [0, 0.1) is 24.3 Å². The summed E-state index contributed by atoms with van der Waals surface area (Å²) >= 11 is 2.62. The second-order valence-electron chi connectivity index (χ2n) is 7.74. The monoisotopic (exact) mass is 779 g/mol. The first-order valence-electron chi connectivity index (χ1n) is 10.2. The van der Waals surface area contributed by atoms with Crippen LogP contribution in [0.15, 0.2) is 54.6 Å². The molecule has 5 nitrogen and oxygen atoms in total. The molecule has 0 saturated heterocycles. The molecule has 0 fully saturated rings. The molecule has 39 heavy (non-hydrogen) atoms. The number of rotatable bonds is 5. The number of benzene rings is 3. The number of nitrogens with one attached hydrogen (secondary N) is 2. The lowest BCUT2D eigenvalue weighted by Crippen LogP contribution is -2.50. The summed E-state index contributed by atoms with van der Waals surface area (Å²) in [4.78, 5) is 25.3. The van der Waals surface area contributed by atoms with Crippen molar-refractivity contribution in [1.82, 2.24) is 0 Å². The van der Waals surface area contributed by atoms with Gasteiger partial charge < -0.3 is 10.6 Å². The van der Waals surface area contributed by atoms with Crippen molar-refractivity contribution >= 4 is 68.4 Å². The molecule has 0 aliphatic rings. The number of carbonyl (C=O) groups excluding carboxylic acids is 2. The summed E-state index contributed by atoms with van der Waals surface area (Å²) < 4.78 is 108. The van der Waals surface area contributed by atoms with E-state index in [2.05, 4.69) is 10.6 Å². The van der Waals surface area contributed by atoms with E-state index in [-0.39, 0.29) is 36.1 Å². The Balaban J connectivity index is 1.92. The van der Waals surface area contributed by atoms with Crippen molar-refractivity contribution in [3.63, 3.8) is 0 Å². The molecule has 0 bridgehead atoms. The molecule has 0 heterocycles. The topological polar surface area (TPSA) is 82.0 Å². The molecular formula is C24H11F8I2N3O2. The van der Waals surface area contributed by atoms with E-state index in [1.54, 1.807) is 0 Å². The number of alkyl halides is 7. The number of hydrogen-bond acceptors (Lipinski definition) is 3. The van der Waals surface area contributed by atoms with Crippen molar-refractivity contribution < 1.29 is 44.7 Å². The molecule has 204 valence electrons. The van der Waals surface area contributed by atoms with E-state index in [1.165, 1.54) is 75.5 Å². The van der Waals surface area contributed by atoms with Crippen molar-refractivity contribution in [2.24, 2.45) is 0 Å². The van der Waals surface area contributed by atoms with Crippen molar-refractivity contribution in [3.05, 3.63) is 89.8 Å². The van der Waals surface area contributed by atoms with Crippen molar-refractivity contribution in [3.8, 4) is 6.07 Å². The van der Waals surface area contributed by atoms with Gasteiger partial charge in [0.1, 0.15) is 0 Å². The van der Waals surface area contributed by atoms with E-state index in [4.69, 9.17) is 5.26 Å². The lowest BCUT2D eigenvalue weighted by atomic mass is 9.94. The minimum absolute atomic E-state index is 0.0224. The molecule has 3 rings (SSSR count). The van der Waals surface area contributed by atoms with E-state index < -0.39 is 52.5 Å². The van der Waals surface area contributed by atoms with Gasteiger partial charge in [-0.1, -0.05) is 12.1 Å². The Labute approximate surface area is 241 Å². The fraction of sp³-hybridized carbons (Fsp3) is 0.125. The normalized spacial score (nSPS) is 12.0. The van der Waals surface area contributed by atoms with Gasteiger partial charge in [0.15, 0.2) is 5.82 Å². The highest BCUT2D eigenvalue weighted by Gasteiger charge is 2.73. The van der Waals surface area contributed by atoms with Gasteiger partial charge in [-0.05, 0) is 87.6 Å². The van der Waals surface area contributed by atoms with Gasteiger partial charge in [-0.2, -0.15) is 31.6 Å². The Morgan fingerprint density at radius 3 is 1.90 bits per heavy atom. The summed E-state index contributed by atoms with van der Waals surface area (Å²) in [6, 6.07) is 11.2. The van der Waals surface area contributed by atoms with Crippen LogP contribution in [0.1, 0.15) is 31.8 Å². The van der Waals surface area contributed by atoms with Gasteiger partial charge >= 0.3 is 18.0 Å². The van der Waals surface area contributed by atoms with E-state index in [0.29, 0.717) is 0 Å². The molecule has 0 spiro atoms. The van der Waals surface area contributed by atoms with Crippen LogP contribution in [0.2, 0.25) is 0 Å². The van der Waals surface area contributed by atoms with Crippen LogP contribution < -0.4 is 10.6 Å². The fourth-order valence-corrected chi connectivity index (χ4v) is 5.33. The van der Waals surface area contributed by atoms with Crippen LogP contribution >= 0.6 is 45.2 Å². The van der Waals surface area contributed by atoms with Gasteiger partial charge in [0.25, 0.3) is 11.8 Å². The predicted octanol–water partition coefficient (Wildman–Crippen LogP) is 7.70. The number of nitrogens with zero attached hydrogens (tertiary/aromatic N) is 1. The predicted molar refractivity (Wildman–Crippen MR) is 140 cm³/mol. The Morgan fingerprint density at radius 2 is 1.36 bits per heavy atom. The summed E-state index contributed by atoms with van der Waals surface area (Å²) in [5, 5.41) is 13.4. The van der Waals surface area contributed by atoms with Gasteiger partial charge in [0.2, 0.25) is 0 Å². The zero-order valence-electron chi connectivity index (χ0n) is 18.7. The molecule has 0 radical (unpaired) electrons. The van der Waals surface area contributed by atoms with Crippen molar-refractivity contribution in [1.29, 1.82) is 5.26 Å². The van der Waals surface area contributed by atoms with Gasteiger partial charge in [-0.25, -0.2) is 8.78 Å². The van der Waals surface area contributed by atoms with Crippen LogP contribution in [0.4, 0.5) is 46.5 Å². The molecule has 0 aromatic heterocycles. The third kappa shape index (κ3) is 6.10. The highest BCUT2D eigenvalue weighted by atomic mass is 127. The van der Waals surface area contributed by atoms with E-state index in [1.807, 2.05) is 6.07 Å². The summed E-state index contributed by atoms with van der Waals surface area (Å²) in [5.41, 5.74) is -8.57. The standard InChI is InChI=1S/C24H11F8I2N3O2/c25-18-14(5-2-6-17(18)36-20(38)12-4-1-3-11(7-12)10-35)21(39)37-19-15(33)8-13(9-16(19)34)22(26,23(27,28)29)24(30,31)32/h1-9H,(H,36,38)(H,37,39). The molecule has 2 N–H and O–H groups in total. The molecule has 0 unspecified atom stereocenters. The summed E-state index contributed by atoms with van der Waals surface area (Å²) in [6.07, 6.45) is -12.7. The first-order chi connectivity index (χ1) is 18.0. The number of carbonyl (C=O) groups is 2. The minimum Gasteiger partial charge on any atom is -0.320 e. The third-order valence-corrected chi connectivity index (χ3v) is 6.91. The zero-order valence-corrected chi connectivity index (χ0v) is 23.1. The van der Waals surface area contributed by atoms with Gasteiger partial charge in [0, 0.05) is 18.3 Å². The van der Waals surface area contributed by atoms with Crippen molar-refractivity contribution in [2.75, 3.05) is 10.6 Å². The first kappa shape index (κ1) is 30.5. The second-order valence-corrected chi connectivity index (χ2v) is 10.1. The van der Waals surface area contributed by atoms with Crippen LogP contribution in [0.3, 0.4) is 0 Å². The first-order valence-corrected chi connectivity index (χ1v) is 12.4. The van der Waals surface area contributed by atoms with Gasteiger partial charge in [0.05, 0.1) is 28.6 Å². The average molecular weight is 779 g/mol. The molecule has 2 amide bonds. The average Bonchev–Trinajstić information content (AvgIpc) is 2.85. The molecule has 0 saturated carbocycles. The zero-order chi connectivity index (χ0) is 29.3. The van der Waals surface area contributed by atoms with Gasteiger partial charge in [-0.15, -0.1) is 0 Å². The quantitative estimate of drug-likeness (QED) is 0.206. The molecule has 0 atom stereocenters. The van der Waals surface area contributed by atoms with Crippen LogP contribution in [-0.2, 0) is 5.67 Å². The minimum atomic E-state index is -6.33. The number of amides is 2. The number of nitriles is 1. The lowest BCUT2D eigenvalue weighted by Gasteiger charge is -2.31. The largest absolute Gasteiger partial charge is 0.435 e. The SMILES string of the molecule is N#Cc1cccc(C(=O)Nc2cccc(C(=O)Nc3c(I)cc(C(F)(C(F)(F)F)C(F)(F)F)cc3I)c2F)c1. The van der Waals surface area contributed by atoms with E-state index in [9.17, 15) is 40.3 Å². The molecule has 15 heteroatoms. The van der Waals surface area contributed by atoms with Crippen LogP contribution in [-0.4, -0.2) is 24.2 Å². The lowest BCUT2D eigenvalue weighted by molar-refractivity contribution is -0.348. The van der Waals surface area contributed by atoms with E-state index in [0.717, 1.165) is 12.1 Å². The van der Waals surface area contributed by atoms with Crippen LogP contribution in [0.5, 0.6) is 0 Å². The van der Waals surface area contributed by atoms with Crippen LogP contribution in [0.25, 0.3) is 0 Å². The van der Waals surface area contributed by atoms with Crippen molar-refractivity contribution in [2.45, 2.75) is 18.0 Å². The smallest absolute Gasteiger partial charge is 0.320 e. The maximum Gasteiger partial charge on any atom is 0.435 e. The Bertz CT molecular complexity index is 1460. The Kier molecular flexibility index (Phi) is 8.79.